The molecular weight excluding hydrogens is 302 g/mol. The third-order valence-electron chi connectivity index (χ3n) is 4.07. The maximum absolute atomic E-state index is 12.6. The zero-order valence-corrected chi connectivity index (χ0v) is 13.2. The summed E-state index contributed by atoms with van der Waals surface area (Å²) in [5.74, 6) is -0.372. The summed E-state index contributed by atoms with van der Waals surface area (Å²) in [4.78, 5) is 25.9. The summed E-state index contributed by atoms with van der Waals surface area (Å²) in [6.45, 7) is 1.33. The Morgan fingerprint density at radius 3 is 2.50 bits per heavy atom. The van der Waals surface area contributed by atoms with Gasteiger partial charge >= 0.3 is 0 Å². The maximum Gasteiger partial charge on any atom is 0.254 e. The van der Waals surface area contributed by atoms with Gasteiger partial charge in [-0.05, 0) is 41.8 Å². The highest BCUT2D eigenvalue weighted by Gasteiger charge is 2.21. The Balaban J connectivity index is 1.68. The first-order chi connectivity index (χ1) is 11.7. The molecule has 2 aromatic carbocycles. The smallest absolute Gasteiger partial charge is 0.254 e. The monoisotopic (exact) mass is 319 g/mol. The molecule has 0 radical (unpaired) electrons. The molecule has 0 aliphatic carbocycles. The van der Waals surface area contributed by atoms with Gasteiger partial charge in [-0.15, -0.1) is 0 Å². The second-order valence-corrected chi connectivity index (χ2v) is 5.71. The molecule has 2 amide bonds. The van der Waals surface area contributed by atoms with E-state index in [-0.39, 0.29) is 18.2 Å². The third kappa shape index (κ3) is 3.44. The van der Waals surface area contributed by atoms with Gasteiger partial charge in [0.1, 0.15) is 6.42 Å². The van der Waals surface area contributed by atoms with E-state index in [4.69, 9.17) is 5.26 Å². The van der Waals surface area contributed by atoms with Gasteiger partial charge in [0.05, 0.1) is 6.07 Å². The van der Waals surface area contributed by atoms with Crippen LogP contribution in [0.25, 0.3) is 0 Å². The molecule has 0 bridgehead atoms. The minimum atomic E-state index is -0.357. The quantitative estimate of drug-likeness (QED) is 0.945. The molecule has 3 rings (SSSR count). The Kier molecular flexibility index (Phi) is 4.57. The van der Waals surface area contributed by atoms with Crippen LogP contribution >= 0.6 is 0 Å². The maximum atomic E-state index is 12.6. The summed E-state index contributed by atoms with van der Waals surface area (Å²) in [6.07, 6.45) is 0.679. The van der Waals surface area contributed by atoms with Crippen molar-refractivity contribution in [3.05, 3.63) is 65.2 Å². The van der Waals surface area contributed by atoms with Gasteiger partial charge in [0, 0.05) is 24.3 Å². The summed E-state index contributed by atoms with van der Waals surface area (Å²) in [7, 11) is 0. The average Bonchev–Trinajstić information content (AvgIpc) is 2.61. The molecule has 2 aromatic rings. The summed E-state index contributed by atoms with van der Waals surface area (Å²) in [5.41, 5.74) is 3.66. The molecule has 1 heterocycles. The van der Waals surface area contributed by atoms with Crippen molar-refractivity contribution in [1.29, 1.82) is 5.26 Å². The Labute approximate surface area is 140 Å². The van der Waals surface area contributed by atoms with Crippen molar-refractivity contribution >= 4 is 17.5 Å². The van der Waals surface area contributed by atoms with E-state index < -0.39 is 0 Å². The van der Waals surface area contributed by atoms with Crippen molar-refractivity contribution < 1.29 is 9.59 Å². The molecule has 0 atom stereocenters. The Morgan fingerprint density at radius 2 is 1.79 bits per heavy atom. The molecular formula is C19H17N3O2. The third-order valence-corrected chi connectivity index (χ3v) is 4.07. The first-order valence-corrected chi connectivity index (χ1v) is 7.80. The van der Waals surface area contributed by atoms with Crippen LogP contribution < -0.4 is 5.32 Å². The van der Waals surface area contributed by atoms with Crippen LogP contribution in [0.3, 0.4) is 0 Å². The molecule has 1 aliphatic heterocycles. The summed E-state index contributed by atoms with van der Waals surface area (Å²) in [6, 6.07) is 16.7. The highest BCUT2D eigenvalue weighted by Crippen LogP contribution is 2.21. The van der Waals surface area contributed by atoms with Crippen LogP contribution in [0.5, 0.6) is 0 Å². The van der Waals surface area contributed by atoms with Gasteiger partial charge in [0.15, 0.2) is 0 Å². The summed E-state index contributed by atoms with van der Waals surface area (Å²) in [5, 5.41) is 11.1. The molecule has 1 aliphatic rings. The van der Waals surface area contributed by atoms with Gasteiger partial charge in [-0.2, -0.15) is 5.26 Å². The van der Waals surface area contributed by atoms with Crippen LogP contribution in [-0.4, -0.2) is 23.3 Å². The van der Waals surface area contributed by atoms with E-state index in [1.807, 2.05) is 17.0 Å². The predicted octanol–water partition coefficient (Wildman–Crippen LogP) is 2.74. The number of fused-ring (bicyclic) bond motifs is 1. The molecule has 0 unspecified atom stereocenters. The number of nitriles is 1. The number of rotatable bonds is 3. The normalized spacial score (nSPS) is 12.9. The van der Waals surface area contributed by atoms with Crippen LogP contribution in [-0.2, 0) is 17.8 Å². The second kappa shape index (κ2) is 6.97. The number of anilines is 1. The lowest BCUT2D eigenvalue weighted by molar-refractivity contribution is -0.115. The first kappa shape index (κ1) is 15.8. The highest BCUT2D eigenvalue weighted by atomic mass is 16.2. The number of nitrogens with one attached hydrogen (secondary N) is 1. The van der Waals surface area contributed by atoms with Gasteiger partial charge < -0.3 is 10.2 Å². The lowest BCUT2D eigenvalue weighted by atomic mass is 9.99. The van der Waals surface area contributed by atoms with E-state index in [0.29, 0.717) is 24.3 Å². The number of amides is 2. The van der Waals surface area contributed by atoms with Gasteiger partial charge in [-0.1, -0.05) is 24.3 Å². The topological polar surface area (TPSA) is 73.2 Å². The second-order valence-electron chi connectivity index (χ2n) is 5.71. The number of nitrogens with zero attached hydrogens (tertiary/aromatic N) is 2. The molecule has 1 N–H and O–H groups in total. The van der Waals surface area contributed by atoms with Crippen LogP contribution in [0, 0.1) is 11.3 Å². The first-order valence-electron chi connectivity index (χ1n) is 7.80. The molecule has 5 heteroatoms. The van der Waals surface area contributed by atoms with E-state index in [1.54, 1.807) is 30.3 Å². The number of hydrogen-bond donors (Lipinski definition) is 1. The average molecular weight is 319 g/mol. The van der Waals surface area contributed by atoms with Crippen molar-refractivity contribution in [1.82, 2.24) is 4.90 Å². The minimum absolute atomic E-state index is 0.0144. The number of carbonyl (C=O) groups excluding carboxylic acids is 2. The fourth-order valence-corrected chi connectivity index (χ4v) is 2.82. The van der Waals surface area contributed by atoms with Gasteiger partial charge in [-0.25, -0.2) is 0 Å². The van der Waals surface area contributed by atoms with E-state index in [1.165, 1.54) is 11.1 Å². The highest BCUT2D eigenvalue weighted by molar-refractivity contribution is 5.96. The summed E-state index contributed by atoms with van der Waals surface area (Å²) < 4.78 is 0. The SMILES string of the molecule is N#CCC(=O)Nc1ccc(C(=O)N2CCc3ccccc3C2)cc1. The number of carbonyl (C=O) groups is 2. The van der Waals surface area contributed by atoms with Crippen LogP contribution in [0.15, 0.2) is 48.5 Å². The lowest BCUT2D eigenvalue weighted by Gasteiger charge is -2.29. The zero-order valence-electron chi connectivity index (χ0n) is 13.2. The Bertz CT molecular complexity index is 806. The molecule has 0 aromatic heterocycles. The van der Waals surface area contributed by atoms with E-state index in [9.17, 15) is 9.59 Å². The van der Waals surface area contributed by atoms with Crippen molar-refractivity contribution in [2.24, 2.45) is 0 Å². The number of hydrogen-bond acceptors (Lipinski definition) is 3. The lowest BCUT2D eigenvalue weighted by Crippen LogP contribution is -2.35. The van der Waals surface area contributed by atoms with Crippen molar-refractivity contribution in [2.75, 3.05) is 11.9 Å². The zero-order chi connectivity index (χ0) is 16.9. The molecule has 0 fully saturated rings. The van der Waals surface area contributed by atoms with E-state index in [0.717, 1.165) is 6.42 Å². The predicted molar refractivity (Wildman–Crippen MR) is 90.2 cm³/mol. The number of benzene rings is 2. The molecule has 5 nitrogen and oxygen atoms in total. The molecule has 0 saturated carbocycles. The fraction of sp³-hybridized carbons (Fsp3) is 0.211. The Morgan fingerprint density at radius 1 is 1.08 bits per heavy atom. The molecule has 0 spiro atoms. The van der Waals surface area contributed by atoms with Crippen molar-refractivity contribution in [2.45, 2.75) is 19.4 Å². The standard InChI is InChI=1S/C19H17N3O2/c20-11-9-18(23)21-17-7-5-15(6-8-17)19(24)22-12-10-14-3-1-2-4-16(14)13-22/h1-8H,9-10,12-13H2,(H,21,23). The summed E-state index contributed by atoms with van der Waals surface area (Å²) >= 11 is 0. The van der Waals surface area contributed by atoms with Crippen LogP contribution in [0.2, 0.25) is 0 Å². The van der Waals surface area contributed by atoms with Crippen molar-refractivity contribution in [3.8, 4) is 6.07 Å². The van der Waals surface area contributed by atoms with Gasteiger partial charge in [0.25, 0.3) is 5.91 Å². The van der Waals surface area contributed by atoms with Crippen LogP contribution in [0.1, 0.15) is 27.9 Å². The molecule has 120 valence electrons. The Hall–Kier alpha value is -3.13. The van der Waals surface area contributed by atoms with E-state index >= 15 is 0 Å². The largest absolute Gasteiger partial charge is 0.334 e. The van der Waals surface area contributed by atoms with Crippen molar-refractivity contribution in [3.63, 3.8) is 0 Å². The van der Waals surface area contributed by atoms with Gasteiger partial charge in [0.2, 0.25) is 5.91 Å². The molecule has 24 heavy (non-hydrogen) atoms. The fourth-order valence-electron chi connectivity index (χ4n) is 2.82. The molecule has 0 saturated heterocycles. The minimum Gasteiger partial charge on any atom is -0.334 e. The van der Waals surface area contributed by atoms with Gasteiger partial charge in [-0.3, -0.25) is 9.59 Å². The van der Waals surface area contributed by atoms with E-state index in [2.05, 4.69) is 17.4 Å². The van der Waals surface area contributed by atoms with Crippen LogP contribution in [0.4, 0.5) is 5.69 Å².